The molecule has 300 valence electrons. The van der Waals surface area contributed by atoms with E-state index < -0.39 is 5.92 Å². The molecule has 0 amide bonds. The van der Waals surface area contributed by atoms with Gasteiger partial charge in [-0.2, -0.15) is 10.5 Å². The lowest BCUT2D eigenvalue weighted by Crippen LogP contribution is -2.22. The molecule has 7 rings (SSSR count). The molecule has 13 nitrogen and oxygen atoms in total. The van der Waals surface area contributed by atoms with E-state index in [2.05, 4.69) is 42.8 Å². The Hall–Kier alpha value is -7.12. The molecule has 6 aromatic carbocycles. The van der Waals surface area contributed by atoms with Crippen molar-refractivity contribution < 1.29 is 33.6 Å². The van der Waals surface area contributed by atoms with Crippen LogP contribution >= 0.6 is 31.9 Å². The molecule has 1 aliphatic heterocycles. The average molecular weight is 923 g/mol. The van der Waals surface area contributed by atoms with E-state index in [1.54, 1.807) is 51.7 Å². The van der Waals surface area contributed by atoms with Gasteiger partial charge in [0.15, 0.2) is 28.7 Å². The van der Waals surface area contributed by atoms with Crippen molar-refractivity contribution in [2.45, 2.75) is 5.92 Å². The number of phenols is 1. The van der Waals surface area contributed by atoms with Crippen LogP contribution in [0.5, 0.6) is 34.5 Å². The van der Waals surface area contributed by atoms with Crippen molar-refractivity contribution in [2.75, 3.05) is 46.5 Å². The van der Waals surface area contributed by atoms with Crippen LogP contribution in [0.3, 0.4) is 0 Å². The van der Waals surface area contributed by atoms with Gasteiger partial charge >= 0.3 is 0 Å². The molecule has 0 saturated heterocycles. The molecule has 1 aliphatic rings. The van der Waals surface area contributed by atoms with E-state index in [0.29, 0.717) is 60.2 Å². The zero-order valence-electron chi connectivity index (χ0n) is 32.2. The standard InChI is InChI=1S/C22H18BrN3O3.C10H9NO.C9H9BrO3.C3H2N2/c1-27-17-9-12(7-15(23)20(17)28-2)18-14(10-24)22(26)29-21-16(25)8-11-5-3-4-6-13(11)19(18)21;11-9-5-7-3-1-2-4-8(7)6-10(9)12;1-12-8-4-6(5-11)3-7(10)9(8)13-2;1-5-3-2-4/h3-9,18H,25-26H2,1-2H3;1-6,12H,11H2;3-5H,1-2H3;3H2. The molecule has 7 N–H and O–H groups in total. The van der Waals surface area contributed by atoms with Crippen molar-refractivity contribution in [1.29, 1.82) is 10.5 Å². The van der Waals surface area contributed by atoms with E-state index >= 15 is 0 Å². The maximum Gasteiger partial charge on any atom is 0.298 e. The molecule has 0 bridgehead atoms. The lowest BCUT2D eigenvalue weighted by molar-refractivity contribution is 0.112. The smallest absolute Gasteiger partial charge is 0.298 e. The van der Waals surface area contributed by atoms with E-state index in [0.717, 1.165) is 39.0 Å². The predicted octanol–water partition coefficient (Wildman–Crippen LogP) is 9.26. The Morgan fingerprint density at radius 3 is 1.90 bits per heavy atom. The van der Waals surface area contributed by atoms with Gasteiger partial charge in [-0.05, 0) is 101 Å². The highest BCUT2D eigenvalue weighted by molar-refractivity contribution is 9.11. The molecule has 1 unspecified atom stereocenters. The molecule has 0 aliphatic carbocycles. The Bertz CT molecular complexity index is 2610. The summed E-state index contributed by atoms with van der Waals surface area (Å²) in [5.74, 6) is 2.41. The van der Waals surface area contributed by atoms with Gasteiger partial charge in [-0.15, -0.1) is 0 Å². The predicted molar refractivity (Wildman–Crippen MR) is 235 cm³/mol. The molecule has 0 saturated carbocycles. The van der Waals surface area contributed by atoms with Gasteiger partial charge in [-0.1, -0.05) is 48.5 Å². The van der Waals surface area contributed by atoms with Gasteiger partial charge in [0.1, 0.15) is 29.7 Å². The molecule has 1 atom stereocenters. The monoisotopic (exact) mass is 920 g/mol. The summed E-state index contributed by atoms with van der Waals surface area (Å²) in [6, 6.07) is 31.8. The largest absolute Gasteiger partial charge is 0.506 e. The lowest BCUT2D eigenvalue weighted by atomic mass is 9.80. The third-order valence-electron chi connectivity index (χ3n) is 8.67. The fraction of sp³-hybridized carbons (Fsp3) is 0.136. The number of anilines is 2. The highest BCUT2D eigenvalue weighted by Gasteiger charge is 2.34. The van der Waals surface area contributed by atoms with Gasteiger partial charge in [0.2, 0.25) is 5.88 Å². The first-order chi connectivity index (χ1) is 28.4. The number of nitrogens with two attached hydrogens (primary N) is 3. The van der Waals surface area contributed by atoms with Gasteiger partial charge in [0.25, 0.3) is 6.54 Å². The molecular weight excluding hydrogens is 884 g/mol. The van der Waals surface area contributed by atoms with Crippen molar-refractivity contribution in [1.82, 2.24) is 0 Å². The van der Waals surface area contributed by atoms with Gasteiger partial charge < -0.3 is 50.8 Å². The molecule has 15 heteroatoms. The lowest BCUT2D eigenvalue weighted by Gasteiger charge is -2.29. The van der Waals surface area contributed by atoms with E-state index in [9.17, 15) is 15.2 Å². The number of carbonyl (C=O) groups excluding carboxylic acids is 1. The fourth-order valence-electron chi connectivity index (χ4n) is 6.08. The number of rotatable bonds is 6. The number of allylic oxidation sites excluding steroid dienone is 1. The summed E-state index contributed by atoms with van der Waals surface area (Å²) >= 11 is 6.81. The van der Waals surface area contributed by atoms with Crippen LogP contribution in [-0.2, 0) is 0 Å². The number of hydrogen-bond donors (Lipinski definition) is 4. The minimum atomic E-state index is -0.478. The first kappa shape index (κ1) is 44.6. The van der Waals surface area contributed by atoms with Crippen molar-refractivity contribution in [3.63, 3.8) is 0 Å². The van der Waals surface area contributed by atoms with E-state index in [1.165, 1.54) is 7.11 Å². The van der Waals surface area contributed by atoms with Gasteiger partial charge in [0.05, 0.1) is 54.7 Å². The summed E-state index contributed by atoms with van der Waals surface area (Å²) in [6.45, 7) is 5.99. The Balaban J connectivity index is 0.000000211. The molecule has 0 aromatic heterocycles. The summed E-state index contributed by atoms with van der Waals surface area (Å²) in [4.78, 5) is 13.3. The second-order valence-corrected chi connectivity index (χ2v) is 13.9. The summed E-state index contributed by atoms with van der Waals surface area (Å²) < 4.78 is 28.3. The minimum Gasteiger partial charge on any atom is -0.506 e. The Morgan fingerprint density at radius 2 is 1.36 bits per heavy atom. The molecule has 1 heterocycles. The summed E-state index contributed by atoms with van der Waals surface area (Å²) in [5.41, 5.74) is 21.3. The van der Waals surface area contributed by atoms with Gasteiger partial charge in [-0.25, -0.2) is 6.57 Å². The number of nitrogens with zero attached hydrogens (tertiary/aromatic N) is 3. The molecular formula is C44H38Br2N6O7. The van der Waals surface area contributed by atoms with Crippen molar-refractivity contribution in [3.8, 4) is 46.6 Å². The number of hydrogen-bond acceptors (Lipinski definition) is 12. The second kappa shape index (κ2) is 20.9. The van der Waals surface area contributed by atoms with Crippen molar-refractivity contribution in [3.05, 3.63) is 140 Å². The summed E-state index contributed by atoms with van der Waals surface area (Å²) in [5, 5.41) is 30.7. The number of aromatic hydroxyl groups is 1. The maximum absolute atomic E-state index is 10.5. The number of carbonyl (C=O) groups is 1. The zero-order valence-corrected chi connectivity index (χ0v) is 35.4. The first-order valence-electron chi connectivity index (χ1n) is 17.3. The van der Waals surface area contributed by atoms with Crippen LogP contribution in [0.15, 0.2) is 111 Å². The summed E-state index contributed by atoms with van der Waals surface area (Å²) in [7, 11) is 6.20. The molecule has 6 aromatic rings. The Morgan fingerprint density at radius 1 is 0.797 bits per heavy atom. The minimum absolute atomic E-state index is 0.0139. The molecule has 0 radical (unpaired) electrons. The van der Waals surface area contributed by atoms with Crippen LogP contribution in [0.4, 0.5) is 11.4 Å². The van der Waals surface area contributed by atoms with Crippen molar-refractivity contribution >= 4 is 71.1 Å². The van der Waals surface area contributed by atoms with Crippen LogP contribution in [0.25, 0.3) is 26.4 Å². The van der Waals surface area contributed by atoms with Gasteiger partial charge in [-0.3, -0.25) is 4.79 Å². The highest BCUT2D eigenvalue weighted by Crippen LogP contribution is 2.50. The molecule has 0 fully saturated rings. The number of methoxy groups -OCH3 is 4. The fourth-order valence-corrected chi connectivity index (χ4v) is 7.32. The van der Waals surface area contributed by atoms with E-state index in [-0.39, 0.29) is 18.2 Å². The quantitative estimate of drug-likeness (QED) is 0.0405. The normalized spacial score (nSPS) is 12.2. The number of nitrogen functional groups attached to an aromatic ring is 2. The highest BCUT2D eigenvalue weighted by atomic mass is 79.9. The van der Waals surface area contributed by atoms with Crippen LogP contribution in [0, 0.1) is 29.2 Å². The van der Waals surface area contributed by atoms with E-state index in [4.69, 9.17) is 52.7 Å². The summed E-state index contributed by atoms with van der Waals surface area (Å²) in [6.07, 6.45) is 0.757. The van der Waals surface area contributed by atoms with Crippen LogP contribution < -0.4 is 40.9 Å². The Labute approximate surface area is 357 Å². The first-order valence-corrected chi connectivity index (χ1v) is 18.8. The molecule has 0 spiro atoms. The van der Waals surface area contributed by atoms with E-state index in [1.807, 2.05) is 66.7 Å². The SMILES string of the molecule is COc1cc(C2C(C#N)=C(N)Oc3c(N)cc4ccccc4c32)cc(Br)c1OC.COc1cc(C=O)cc(Br)c1OC.Nc1cc2ccccc2cc1O.[C-]#[N+]CC#N. The topological polar surface area (TPSA) is 213 Å². The number of aldehydes is 1. The Kier molecular flexibility index (Phi) is 15.8. The zero-order chi connectivity index (χ0) is 43.2. The number of benzene rings is 6. The third kappa shape index (κ3) is 10.3. The number of nitriles is 2. The number of halogens is 2. The van der Waals surface area contributed by atoms with Crippen LogP contribution in [-0.4, -0.2) is 46.4 Å². The second-order valence-electron chi connectivity index (χ2n) is 12.2. The van der Waals surface area contributed by atoms with Crippen LogP contribution in [0.2, 0.25) is 0 Å². The average Bonchev–Trinajstić information content (AvgIpc) is 3.24. The maximum atomic E-state index is 10.5. The van der Waals surface area contributed by atoms with Crippen LogP contribution in [0.1, 0.15) is 27.4 Å². The molecule has 59 heavy (non-hydrogen) atoms. The number of phenolic OH excluding ortho intramolecular Hbond substituents is 1. The number of fused-ring (bicyclic) bond motifs is 4. The van der Waals surface area contributed by atoms with Gasteiger partial charge in [0, 0.05) is 11.1 Å². The number of ether oxygens (including phenoxy) is 5. The third-order valence-corrected chi connectivity index (χ3v) is 9.85. The van der Waals surface area contributed by atoms with Crippen molar-refractivity contribution in [2.24, 2.45) is 5.73 Å².